The fraction of sp³-hybridized carbons (Fsp3) is 1.00. The van der Waals surface area contributed by atoms with Gasteiger partial charge in [-0.25, -0.2) is 0 Å². The maximum atomic E-state index is 2.77. The summed E-state index contributed by atoms with van der Waals surface area (Å²) in [5.74, 6) is 2.10. The van der Waals surface area contributed by atoms with Crippen molar-refractivity contribution in [2.45, 2.75) is 52.1 Å². The van der Waals surface area contributed by atoms with Crippen molar-refractivity contribution in [3.05, 3.63) is 0 Å². The third kappa shape index (κ3) is 0.823. The normalized spacial score (nSPS) is 54.0. The van der Waals surface area contributed by atoms with E-state index in [4.69, 9.17) is 0 Å². The Morgan fingerprint density at radius 1 is 1.38 bits per heavy atom. The highest BCUT2D eigenvalue weighted by atomic mass is 15.2. The van der Waals surface area contributed by atoms with Gasteiger partial charge >= 0.3 is 0 Å². The molecule has 2 aliphatic carbocycles. The van der Waals surface area contributed by atoms with E-state index in [0.29, 0.717) is 0 Å². The van der Waals surface area contributed by atoms with E-state index in [0.717, 1.165) is 29.3 Å². The second-order valence-electron chi connectivity index (χ2n) is 5.94. The topological polar surface area (TPSA) is 3.24 Å². The van der Waals surface area contributed by atoms with Crippen LogP contribution in [0.3, 0.4) is 0 Å². The number of hydrogen-bond acceptors (Lipinski definition) is 1. The lowest BCUT2D eigenvalue weighted by molar-refractivity contribution is -0.120. The zero-order valence-corrected chi connectivity index (χ0v) is 9.09. The van der Waals surface area contributed by atoms with Crippen molar-refractivity contribution in [3.8, 4) is 0 Å². The van der Waals surface area contributed by atoms with Crippen LogP contribution in [0.1, 0.15) is 40.0 Å². The maximum absolute atomic E-state index is 2.77. The molecule has 4 fully saturated rings. The lowest BCUT2D eigenvalue weighted by atomic mass is 9.52. The summed E-state index contributed by atoms with van der Waals surface area (Å²) in [5, 5.41) is 0. The van der Waals surface area contributed by atoms with Gasteiger partial charge < -0.3 is 0 Å². The first-order valence-electron chi connectivity index (χ1n) is 5.88. The summed E-state index contributed by atoms with van der Waals surface area (Å²) in [6.45, 7) is 8.67. The van der Waals surface area contributed by atoms with Gasteiger partial charge in [0.25, 0.3) is 0 Å². The Morgan fingerprint density at radius 3 is 2.85 bits per heavy atom. The minimum absolute atomic E-state index is 0.774. The Morgan fingerprint density at radius 2 is 2.15 bits per heavy atom. The van der Waals surface area contributed by atoms with Crippen LogP contribution in [0.5, 0.6) is 0 Å². The van der Waals surface area contributed by atoms with E-state index < -0.39 is 0 Å². The summed E-state index contributed by atoms with van der Waals surface area (Å²) in [5.41, 5.74) is 0.774. The second kappa shape index (κ2) is 2.31. The van der Waals surface area contributed by atoms with Crippen molar-refractivity contribution >= 4 is 0 Å². The number of rotatable bonds is 1. The lowest BCUT2D eigenvalue weighted by Gasteiger charge is -2.61. The molecule has 4 aliphatic rings. The van der Waals surface area contributed by atoms with Gasteiger partial charge in [0, 0.05) is 18.6 Å². The SMILES string of the molecule is CC(C)N1CC2CC3C1CCC23C. The number of fused-ring (bicyclic) bond motifs is 1. The van der Waals surface area contributed by atoms with E-state index in [2.05, 4.69) is 25.7 Å². The molecule has 4 unspecified atom stereocenters. The first-order valence-corrected chi connectivity index (χ1v) is 5.88. The molecular formula is C12H21N. The first-order chi connectivity index (χ1) is 6.13. The molecule has 0 aromatic heterocycles. The Bertz CT molecular complexity index is 235. The van der Waals surface area contributed by atoms with Crippen LogP contribution in [-0.4, -0.2) is 23.5 Å². The quantitative estimate of drug-likeness (QED) is 0.598. The average molecular weight is 179 g/mol. The Labute approximate surface area is 81.5 Å². The monoisotopic (exact) mass is 179 g/mol. The molecule has 1 heteroatoms. The van der Waals surface area contributed by atoms with Crippen LogP contribution in [0.15, 0.2) is 0 Å². The van der Waals surface area contributed by atoms with Gasteiger partial charge in [-0.15, -0.1) is 0 Å². The Kier molecular flexibility index (Phi) is 1.47. The molecule has 1 nitrogen and oxygen atoms in total. The highest BCUT2D eigenvalue weighted by molar-refractivity contribution is 5.14. The summed E-state index contributed by atoms with van der Waals surface area (Å²) in [7, 11) is 0. The molecule has 2 aliphatic heterocycles. The van der Waals surface area contributed by atoms with Crippen molar-refractivity contribution < 1.29 is 0 Å². The number of hydrogen-bond donors (Lipinski definition) is 0. The minimum atomic E-state index is 0.774. The summed E-state index contributed by atoms with van der Waals surface area (Å²) in [4.78, 5) is 2.77. The van der Waals surface area contributed by atoms with Gasteiger partial charge in [0.2, 0.25) is 0 Å². The molecular weight excluding hydrogens is 158 g/mol. The fourth-order valence-corrected chi connectivity index (χ4v) is 4.30. The molecule has 2 saturated heterocycles. The molecule has 0 aromatic rings. The van der Waals surface area contributed by atoms with Gasteiger partial charge in [-0.1, -0.05) is 6.92 Å². The molecule has 0 aromatic carbocycles. The zero-order valence-electron chi connectivity index (χ0n) is 9.09. The molecule has 0 spiro atoms. The van der Waals surface area contributed by atoms with Crippen LogP contribution in [0.4, 0.5) is 0 Å². The van der Waals surface area contributed by atoms with Crippen molar-refractivity contribution in [2.75, 3.05) is 6.54 Å². The van der Waals surface area contributed by atoms with E-state index in [1.807, 2.05) is 0 Å². The van der Waals surface area contributed by atoms with Crippen LogP contribution < -0.4 is 0 Å². The summed E-state index contributed by atoms with van der Waals surface area (Å²) >= 11 is 0. The van der Waals surface area contributed by atoms with Gasteiger partial charge in [0.1, 0.15) is 0 Å². The predicted octanol–water partition coefficient (Wildman–Crippen LogP) is 2.52. The van der Waals surface area contributed by atoms with Crippen molar-refractivity contribution in [1.29, 1.82) is 0 Å². The van der Waals surface area contributed by atoms with Crippen molar-refractivity contribution in [1.82, 2.24) is 4.90 Å². The van der Waals surface area contributed by atoms with Crippen molar-refractivity contribution in [3.63, 3.8) is 0 Å². The van der Waals surface area contributed by atoms with Gasteiger partial charge in [0.15, 0.2) is 0 Å². The van der Waals surface area contributed by atoms with E-state index >= 15 is 0 Å². The molecule has 4 rings (SSSR count). The van der Waals surface area contributed by atoms with E-state index in [1.165, 1.54) is 19.4 Å². The highest BCUT2D eigenvalue weighted by Gasteiger charge is 2.63. The summed E-state index contributed by atoms with van der Waals surface area (Å²) in [6, 6.07) is 1.73. The minimum Gasteiger partial charge on any atom is -0.297 e. The standard InChI is InChI=1S/C12H21N/c1-8(2)13-7-9-6-10-11(13)4-5-12(9,10)3/h8-11H,4-7H2,1-3H3. The Balaban J connectivity index is 1.88. The maximum Gasteiger partial charge on any atom is 0.0132 e. The van der Waals surface area contributed by atoms with Gasteiger partial charge in [-0.05, 0) is 50.4 Å². The smallest absolute Gasteiger partial charge is 0.0132 e. The van der Waals surface area contributed by atoms with Crippen LogP contribution in [0.2, 0.25) is 0 Å². The Hall–Kier alpha value is -0.0400. The highest BCUT2D eigenvalue weighted by Crippen LogP contribution is 2.65. The number of piperidine rings is 2. The molecule has 0 N–H and O–H groups in total. The molecule has 0 radical (unpaired) electrons. The van der Waals surface area contributed by atoms with Crippen LogP contribution in [-0.2, 0) is 0 Å². The molecule has 2 heterocycles. The lowest BCUT2D eigenvalue weighted by Crippen LogP contribution is -2.62. The first kappa shape index (κ1) is 8.28. The van der Waals surface area contributed by atoms with E-state index in [-0.39, 0.29) is 0 Å². The molecule has 13 heavy (non-hydrogen) atoms. The van der Waals surface area contributed by atoms with Crippen LogP contribution in [0.25, 0.3) is 0 Å². The predicted molar refractivity (Wildman–Crippen MR) is 54.6 cm³/mol. The van der Waals surface area contributed by atoms with Gasteiger partial charge in [-0.3, -0.25) is 4.90 Å². The molecule has 2 saturated carbocycles. The van der Waals surface area contributed by atoms with Gasteiger partial charge in [-0.2, -0.15) is 0 Å². The zero-order chi connectivity index (χ0) is 9.22. The van der Waals surface area contributed by atoms with Gasteiger partial charge in [0.05, 0.1) is 0 Å². The van der Waals surface area contributed by atoms with E-state index in [1.54, 1.807) is 6.42 Å². The fourth-order valence-electron chi connectivity index (χ4n) is 4.30. The number of nitrogens with zero attached hydrogens (tertiary/aromatic N) is 1. The van der Waals surface area contributed by atoms with Crippen LogP contribution in [0, 0.1) is 17.3 Å². The van der Waals surface area contributed by atoms with E-state index in [9.17, 15) is 0 Å². The average Bonchev–Trinajstić information content (AvgIpc) is 2.28. The molecule has 4 bridgehead atoms. The summed E-state index contributed by atoms with van der Waals surface area (Å²) in [6.07, 6.45) is 4.54. The molecule has 4 atom stereocenters. The largest absolute Gasteiger partial charge is 0.297 e. The second-order valence-corrected chi connectivity index (χ2v) is 5.94. The third-order valence-electron chi connectivity index (χ3n) is 5.28. The third-order valence-corrected chi connectivity index (χ3v) is 5.28. The molecule has 0 amide bonds. The van der Waals surface area contributed by atoms with Crippen molar-refractivity contribution in [2.24, 2.45) is 17.3 Å². The van der Waals surface area contributed by atoms with Crippen LogP contribution >= 0.6 is 0 Å². The molecule has 74 valence electrons. The summed E-state index contributed by atoms with van der Waals surface area (Å²) < 4.78 is 0.